The molecule has 2 N–H and O–H groups in total. The molecular formula is C20H17N5O2. The van der Waals surface area contributed by atoms with E-state index in [-0.39, 0.29) is 5.91 Å². The van der Waals surface area contributed by atoms with Crippen LogP contribution in [0.2, 0.25) is 0 Å². The molecule has 0 unspecified atom stereocenters. The summed E-state index contributed by atoms with van der Waals surface area (Å²) in [5, 5.41) is 7.00. The first kappa shape index (κ1) is 16.7. The minimum atomic E-state index is -0.245. The maximum absolute atomic E-state index is 11.9. The highest BCUT2D eigenvalue weighted by molar-refractivity contribution is 5.92. The number of anilines is 1. The lowest BCUT2D eigenvalue weighted by atomic mass is 10.2. The van der Waals surface area contributed by atoms with E-state index >= 15 is 0 Å². The average Bonchev–Trinajstić information content (AvgIpc) is 3.26. The fraction of sp³-hybridized carbons (Fsp3) is 0.100. The first-order chi connectivity index (χ1) is 13.3. The Morgan fingerprint density at radius 1 is 1.00 bits per heavy atom. The molecule has 3 heterocycles. The Morgan fingerprint density at radius 3 is 2.74 bits per heavy atom. The van der Waals surface area contributed by atoms with Crippen molar-refractivity contribution in [2.45, 2.75) is 0 Å². The van der Waals surface area contributed by atoms with Crippen LogP contribution in [0.25, 0.3) is 22.3 Å². The standard InChI is InChI=1S/C20H17N5O2/c26-20(17-8-4-12-27-17)23-11-10-22-19-15-6-1-2-7-16(15)24-18(25-19)14-5-3-9-21-13-14/h1-9,12-13H,10-11H2,(H,23,26)(H,22,24,25). The number of carbonyl (C=O) groups excluding carboxylic acids is 1. The van der Waals surface area contributed by atoms with E-state index < -0.39 is 0 Å². The molecule has 0 bridgehead atoms. The molecule has 0 saturated heterocycles. The maximum atomic E-state index is 11.9. The number of benzene rings is 1. The molecule has 7 heteroatoms. The van der Waals surface area contributed by atoms with Gasteiger partial charge in [-0.15, -0.1) is 0 Å². The number of aromatic nitrogens is 3. The third-order valence-electron chi connectivity index (χ3n) is 3.97. The van der Waals surface area contributed by atoms with Crippen LogP contribution >= 0.6 is 0 Å². The summed E-state index contributed by atoms with van der Waals surface area (Å²) in [4.78, 5) is 25.3. The van der Waals surface area contributed by atoms with Crippen molar-refractivity contribution in [1.29, 1.82) is 0 Å². The highest BCUT2D eigenvalue weighted by Gasteiger charge is 2.10. The first-order valence-electron chi connectivity index (χ1n) is 8.54. The predicted octanol–water partition coefficient (Wildman–Crippen LogP) is 3.13. The Morgan fingerprint density at radius 2 is 1.93 bits per heavy atom. The third kappa shape index (κ3) is 3.77. The van der Waals surface area contributed by atoms with Gasteiger partial charge in [-0.1, -0.05) is 12.1 Å². The summed E-state index contributed by atoms with van der Waals surface area (Å²) in [5.74, 6) is 1.36. The van der Waals surface area contributed by atoms with Gasteiger partial charge in [-0.2, -0.15) is 0 Å². The lowest BCUT2D eigenvalue weighted by Crippen LogP contribution is -2.28. The molecule has 0 saturated carbocycles. The van der Waals surface area contributed by atoms with E-state index in [1.165, 1.54) is 6.26 Å². The molecule has 3 aromatic heterocycles. The maximum Gasteiger partial charge on any atom is 0.287 e. The van der Waals surface area contributed by atoms with Crippen molar-refractivity contribution in [3.05, 3.63) is 72.9 Å². The van der Waals surface area contributed by atoms with Crippen molar-refractivity contribution in [1.82, 2.24) is 20.3 Å². The minimum absolute atomic E-state index is 0.245. The van der Waals surface area contributed by atoms with Crippen LogP contribution in [0.5, 0.6) is 0 Å². The van der Waals surface area contributed by atoms with Gasteiger partial charge < -0.3 is 15.1 Å². The van der Waals surface area contributed by atoms with Gasteiger partial charge in [-0.3, -0.25) is 9.78 Å². The first-order valence-corrected chi connectivity index (χ1v) is 8.54. The molecule has 1 aromatic carbocycles. The second kappa shape index (κ2) is 7.65. The highest BCUT2D eigenvalue weighted by atomic mass is 16.3. The zero-order valence-corrected chi connectivity index (χ0v) is 14.4. The summed E-state index contributed by atoms with van der Waals surface area (Å²) in [7, 11) is 0. The highest BCUT2D eigenvalue weighted by Crippen LogP contribution is 2.24. The van der Waals surface area contributed by atoms with Crippen LogP contribution in [-0.4, -0.2) is 33.9 Å². The number of hydrogen-bond acceptors (Lipinski definition) is 6. The lowest BCUT2D eigenvalue weighted by Gasteiger charge is -2.11. The van der Waals surface area contributed by atoms with Crippen molar-refractivity contribution in [2.75, 3.05) is 18.4 Å². The van der Waals surface area contributed by atoms with Gasteiger partial charge in [-0.05, 0) is 36.4 Å². The zero-order valence-electron chi connectivity index (χ0n) is 14.4. The number of carbonyl (C=O) groups is 1. The normalized spacial score (nSPS) is 10.7. The number of nitrogens with zero attached hydrogens (tertiary/aromatic N) is 3. The summed E-state index contributed by atoms with van der Waals surface area (Å²) in [6.07, 6.45) is 4.92. The number of para-hydroxylation sites is 1. The Hall–Kier alpha value is -3.74. The topological polar surface area (TPSA) is 92.9 Å². The van der Waals surface area contributed by atoms with Gasteiger partial charge in [0.15, 0.2) is 11.6 Å². The van der Waals surface area contributed by atoms with Gasteiger partial charge in [0.05, 0.1) is 11.8 Å². The largest absolute Gasteiger partial charge is 0.459 e. The smallest absolute Gasteiger partial charge is 0.287 e. The summed E-state index contributed by atoms with van der Waals surface area (Å²) < 4.78 is 5.07. The SMILES string of the molecule is O=C(NCCNc1nc(-c2cccnc2)nc2ccccc12)c1ccco1. The number of furan rings is 1. The Balaban J connectivity index is 1.51. The van der Waals surface area contributed by atoms with Crippen molar-refractivity contribution < 1.29 is 9.21 Å². The summed E-state index contributed by atoms with van der Waals surface area (Å²) in [5.41, 5.74) is 1.69. The Labute approximate surface area is 155 Å². The molecule has 1 amide bonds. The Bertz CT molecular complexity index is 1050. The van der Waals surface area contributed by atoms with E-state index in [1.54, 1.807) is 24.5 Å². The van der Waals surface area contributed by atoms with Crippen LogP contribution in [0.15, 0.2) is 71.6 Å². The second-order valence-electron chi connectivity index (χ2n) is 5.81. The quantitative estimate of drug-likeness (QED) is 0.514. The molecule has 134 valence electrons. The molecule has 7 nitrogen and oxygen atoms in total. The predicted molar refractivity (Wildman–Crippen MR) is 102 cm³/mol. The molecule has 0 fully saturated rings. The Kier molecular flexibility index (Phi) is 4.74. The van der Waals surface area contributed by atoms with Crippen molar-refractivity contribution in [3.8, 4) is 11.4 Å². The summed E-state index contributed by atoms with van der Waals surface area (Å²) >= 11 is 0. The molecule has 0 aliphatic carbocycles. The number of fused-ring (bicyclic) bond motifs is 1. The molecule has 0 aliphatic rings. The van der Waals surface area contributed by atoms with Crippen molar-refractivity contribution in [3.63, 3.8) is 0 Å². The second-order valence-corrected chi connectivity index (χ2v) is 5.81. The minimum Gasteiger partial charge on any atom is -0.459 e. The van der Waals surface area contributed by atoms with Crippen molar-refractivity contribution in [2.24, 2.45) is 0 Å². The number of hydrogen-bond donors (Lipinski definition) is 2. The van der Waals surface area contributed by atoms with E-state index in [0.717, 1.165) is 16.5 Å². The molecule has 0 aliphatic heterocycles. The lowest BCUT2D eigenvalue weighted by molar-refractivity contribution is 0.0927. The van der Waals surface area contributed by atoms with Gasteiger partial charge in [-0.25, -0.2) is 9.97 Å². The average molecular weight is 359 g/mol. The van der Waals surface area contributed by atoms with Crippen molar-refractivity contribution >= 4 is 22.6 Å². The third-order valence-corrected chi connectivity index (χ3v) is 3.97. The molecule has 4 rings (SSSR count). The van der Waals surface area contributed by atoms with E-state index in [0.29, 0.717) is 30.5 Å². The van der Waals surface area contributed by atoms with Crippen LogP contribution in [0.3, 0.4) is 0 Å². The summed E-state index contributed by atoms with van der Waals surface area (Å²) in [6, 6.07) is 14.9. The molecule has 0 atom stereocenters. The van der Waals surface area contributed by atoms with E-state index in [4.69, 9.17) is 4.42 Å². The molecular weight excluding hydrogens is 342 g/mol. The number of amides is 1. The fourth-order valence-electron chi connectivity index (χ4n) is 2.69. The van der Waals surface area contributed by atoms with E-state index in [2.05, 4.69) is 25.6 Å². The zero-order chi connectivity index (χ0) is 18.5. The molecule has 0 radical (unpaired) electrons. The fourth-order valence-corrected chi connectivity index (χ4v) is 2.69. The monoisotopic (exact) mass is 359 g/mol. The van der Waals surface area contributed by atoms with Gasteiger partial charge >= 0.3 is 0 Å². The van der Waals surface area contributed by atoms with Crippen LogP contribution in [0, 0.1) is 0 Å². The van der Waals surface area contributed by atoms with E-state index in [9.17, 15) is 4.79 Å². The number of rotatable bonds is 6. The number of nitrogens with one attached hydrogen (secondary N) is 2. The van der Waals surface area contributed by atoms with E-state index in [1.807, 2.05) is 36.4 Å². The van der Waals surface area contributed by atoms with Gasteiger partial charge in [0.25, 0.3) is 5.91 Å². The molecule has 27 heavy (non-hydrogen) atoms. The van der Waals surface area contributed by atoms with Gasteiger partial charge in [0, 0.05) is 36.4 Å². The van der Waals surface area contributed by atoms with Crippen LogP contribution in [-0.2, 0) is 0 Å². The molecule has 0 spiro atoms. The van der Waals surface area contributed by atoms with Crippen LogP contribution in [0.1, 0.15) is 10.6 Å². The van der Waals surface area contributed by atoms with Crippen LogP contribution < -0.4 is 10.6 Å². The summed E-state index contributed by atoms with van der Waals surface area (Å²) in [6.45, 7) is 0.944. The van der Waals surface area contributed by atoms with Crippen LogP contribution in [0.4, 0.5) is 5.82 Å². The van der Waals surface area contributed by atoms with Gasteiger partial charge in [0.1, 0.15) is 5.82 Å². The molecule has 4 aromatic rings. The number of pyridine rings is 1. The van der Waals surface area contributed by atoms with Gasteiger partial charge in [0.2, 0.25) is 0 Å².